The summed E-state index contributed by atoms with van der Waals surface area (Å²) in [6.07, 6.45) is 6.26. The van der Waals surface area contributed by atoms with Crippen molar-refractivity contribution in [2.45, 2.75) is 49.8 Å². The van der Waals surface area contributed by atoms with Crippen LogP contribution in [-0.4, -0.2) is 23.0 Å². The first-order valence-corrected chi connectivity index (χ1v) is 8.30. The molecule has 0 aromatic carbocycles. The Bertz CT molecular complexity index is 431. The molecule has 2 aliphatic rings. The largest absolute Gasteiger partial charge is 0.469 e. The zero-order valence-electron chi connectivity index (χ0n) is 11.3. The Labute approximate surface area is 118 Å². The number of carbonyl (C=O) groups excluding carboxylic acids is 1. The lowest BCUT2D eigenvalue weighted by atomic mass is 10.2. The molecule has 2 aliphatic carbocycles. The second-order valence-electron chi connectivity index (χ2n) is 5.50. The summed E-state index contributed by atoms with van der Waals surface area (Å²) >= 11 is 1.99. The van der Waals surface area contributed by atoms with Gasteiger partial charge in [0.05, 0.1) is 6.26 Å². The van der Waals surface area contributed by atoms with E-state index in [9.17, 15) is 4.79 Å². The van der Waals surface area contributed by atoms with Gasteiger partial charge in [-0.1, -0.05) is 13.3 Å². The van der Waals surface area contributed by atoms with E-state index in [0.29, 0.717) is 17.2 Å². The van der Waals surface area contributed by atoms with Gasteiger partial charge in [0, 0.05) is 23.1 Å². The van der Waals surface area contributed by atoms with Crippen molar-refractivity contribution < 1.29 is 9.21 Å². The number of carbonyl (C=O) groups is 1. The van der Waals surface area contributed by atoms with E-state index >= 15 is 0 Å². The van der Waals surface area contributed by atoms with Crippen molar-refractivity contribution in [1.29, 1.82) is 0 Å². The highest BCUT2D eigenvalue weighted by atomic mass is 32.2. The van der Waals surface area contributed by atoms with Crippen LogP contribution >= 0.6 is 11.8 Å². The fourth-order valence-electron chi connectivity index (χ4n) is 3.10. The first-order valence-electron chi connectivity index (χ1n) is 7.25. The average molecular weight is 279 g/mol. The van der Waals surface area contributed by atoms with Gasteiger partial charge in [-0.05, 0) is 37.1 Å². The van der Waals surface area contributed by atoms with Crippen molar-refractivity contribution in [2.24, 2.45) is 5.92 Å². The van der Waals surface area contributed by atoms with Crippen LogP contribution in [0.5, 0.6) is 0 Å². The van der Waals surface area contributed by atoms with E-state index in [0.717, 1.165) is 24.4 Å². The number of thioether (sulfide) groups is 1. The van der Waals surface area contributed by atoms with Crippen molar-refractivity contribution in [2.75, 3.05) is 5.75 Å². The van der Waals surface area contributed by atoms with E-state index in [-0.39, 0.29) is 11.8 Å². The summed E-state index contributed by atoms with van der Waals surface area (Å²) in [4.78, 5) is 12.3. The Morgan fingerprint density at radius 2 is 2.42 bits per heavy atom. The Morgan fingerprint density at radius 3 is 3.16 bits per heavy atom. The second kappa shape index (κ2) is 5.61. The van der Waals surface area contributed by atoms with Crippen LogP contribution in [0.25, 0.3) is 0 Å². The molecule has 0 unspecified atom stereocenters. The molecule has 1 aromatic rings. The lowest BCUT2D eigenvalue weighted by molar-refractivity contribution is -0.123. The van der Waals surface area contributed by atoms with E-state index in [2.05, 4.69) is 12.2 Å². The van der Waals surface area contributed by atoms with Gasteiger partial charge < -0.3 is 9.73 Å². The number of rotatable bonds is 5. The molecule has 3 nitrogen and oxygen atoms in total. The monoisotopic (exact) mass is 279 g/mol. The molecule has 2 fully saturated rings. The molecule has 1 heterocycles. The summed E-state index contributed by atoms with van der Waals surface area (Å²) in [5.41, 5.74) is 0. The lowest BCUT2D eigenvalue weighted by Crippen LogP contribution is -2.39. The Balaban J connectivity index is 1.52. The van der Waals surface area contributed by atoms with Crippen molar-refractivity contribution in [3.05, 3.63) is 24.2 Å². The minimum absolute atomic E-state index is 0.138. The van der Waals surface area contributed by atoms with E-state index in [4.69, 9.17) is 4.42 Å². The minimum atomic E-state index is 0.138. The van der Waals surface area contributed by atoms with Gasteiger partial charge in [-0.25, -0.2) is 0 Å². The highest BCUT2D eigenvalue weighted by Gasteiger charge is 2.46. The van der Waals surface area contributed by atoms with E-state index in [1.54, 1.807) is 6.26 Å². The Morgan fingerprint density at radius 1 is 1.53 bits per heavy atom. The summed E-state index contributed by atoms with van der Waals surface area (Å²) in [5.74, 6) is 2.78. The number of furan rings is 1. The maximum Gasteiger partial charge on any atom is 0.224 e. The maximum atomic E-state index is 12.3. The summed E-state index contributed by atoms with van der Waals surface area (Å²) in [7, 11) is 0. The van der Waals surface area contributed by atoms with Gasteiger partial charge in [-0.2, -0.15) is 11.8 Å². The van der Waals surface area contributed by atoms with E-state index in [1.165, 1.54) is 12.8 Å². The molecule has 19 heavy (non-hydrogen) atoms. The van der Waals surface area contributed by atoms with Crippen LogP contribution in [0.1, 0.15) is 44.3 Å². The predicted molar refractivity (Wildman–Crippen MR) is 77.3 cm³/mol. The third kappa shape index (κ3) is 2.83. The van der Waals surface area contributed by atoms with Gasteiger partial charge >= 0.3 is 0 Å². The van der Waals surface area contributed by atoms with E-state index in [1.807, 2.05) is 23.9 Å². The quantitative estimate of drug-likeness (QED) is 0.900. The summed E-state index contributed by atoms with van der Waals surface area (Å²) in [6, 6.07) is 4.26. The molecule has 104 valence electrons. The SMILES string of the molecule is CCS[C@@H]1CCC[C@@H]1NC(=O)[C@H]1C[C@@H]1c1ccco1. The van der Waals surface area contributed by atoms with Gasteiger partial charge in [0.1, 0.15) is 5.76 Å². The normalized spacial score (nSPS) is 33.3. The second-order valence-corrected chi connectivity index (χ2v) is 7.02. The molecular formula is C15H21NO2S. The molecule has 2 saturated carbocycles. The predicted octanol–water partition coefficient (Wildman–Crippen LogP) is 3.17. The van der Waals surface area contributed by atoms with Gasteiger partial charge in [-0.15, -0.1) is 0 Å². The maximum absolute atomic E-state index is 12.3. The van der Waals surface area contributed by atoms with Crippen LogP contribution < -0.4 is 5.32 Å². The third-order valence-corrected chi connectivity index (χ3v) is 5.52. The molecule has 1 N–H and O–H groups in total. The molecule has 4 atom stereocenters. The Hall–Kier alpha value is -0.900. The van der Waals surface area contributed by atoms with Crippen LogP contribution in [0.3, 0.4) is 0 Å². The molecular weight excluding hydrogens is 258 g/mol. The fraction of sp³-hybridized carbons (Fsp3) is 0.667. The number of hydrogen-bond donors (Lipinski definition) is 1. The van der Waals surface area contributed by atoms with Gasteiger partial charge in [0.15, 0.2) is 0 Å². The van der Waals surface area contributed by atoms with Crippen LogP contribution in [0, 0.1) is 5.92 Å². The summed E-state index contributed by atoms with van der Waals surface area (Å²) in [5, 5.41) is 3.89. The molecule has 0 saturated heterocycles. The fourth-order valence-corrected chi connectivity index (χ4v) is 4.29. The van der Waals surface area contributed by atoms with Crippen LogP contribution in [0.15, 0.2) is 22.8 Å². The molecule has 0 bridgehead atoms. The highest BCUT2D eigenvalue weighted by molar-refractivity contribution is 7.99. The van der Waals surface area contributed by atoms with Crippen molar-refractivity contribution in [3.63, 3.8) is 0 Å². The molecule has 3 rings (SSSR count). The number of nitrogens with one attached hydrogen (secondary N) is 1. The van der Waals surface area contributed by atoms with Crippen LogP contribution in [-0.2, 0) is 4.79 Å². The number of hydrogen-bond acceptors (Lipinski definition) is 3. The van der Waals surface area contributed by atoms with Crippen LogP contribution in [0.2, 0.25) is 0 Å². The topological polar surface area (TPSA) is 42.2 Å². The highest BCUT2D eigenvalue weighted by Crippen LogP contribution is 2.48. The van der Waals surface area contributed by atoms with Crippen molar-refractivity contribution >= 4 is 17.7 Å². The van der Waals surface area contributed by atoms with Crippen molar-refractivity contribution in [3.8, 4) is 0 Å². The molecule has 1 aromatic heterocycles. The van der Waals surface area contributed by atoms with E-state index < -0.39 is 0 Å². The summed E-state index contributed by atoms with van der Waals surface area (Å²) in [6.45, 7) is 2.19. The molecule has 0 spiro atoms. The lowest BCUT2D eigenvalue weighted by Gasteiger charge is -2.20. The molecule has 4 heteroatoms. The third-order valence-electron chi connectivity index (χ3n) is 4.20. The smallest absolute Gasteiger partial charge is 0.224 e. The average Bonchev–Trinajstić information content (AvgIpc) is 2.83. The zero-order valence-corrected chi connectivity index (χ0v) is 12.1. The first kappa shape index (κ1) is 13.1. The molecule has 1 amide bonds. The molecule has 0 radical (unpaired) electrons. The summed E-state index contributed by atoms with van der Waals surface area (Å²) < 4.78 is 5.38. The zero-order chi connectivity index (χ0) is 13.2. The Kier molecular flexibility index (Phi) is 3.87. The van der Waals surface area contributed by atoms with Gasteiger partial charge in [0.25, 0.3) is 0 Å². The number of amides is 1. The first-order chi connectivity index (χ1) is 9.29. The van der Waals surface area contributed by atoms with Gasteiger partial charge in [-0.3, -0.25) is 4.79 Å². The van der Waals surface area contributed by atoms with Crippen molar-refractivity contribution in [1.82, 2.24) is 5.32 Å². The van der Waals surface area contributed by atoms with Gasteiger partial charge in [0.2, 0.25) is 5.91 Å². The minimum Gasteiger partial charge on any atom is -0.469 e. The standard InChI is InChI=1S/C15H21NO2S/c1-2-19-14-7-3-5-12(14)16-15(17)11-9-10(11)13-6-4-8-18-13/h4,6,8,10-12,14H,2-3,5,7,9H2,1H3,(H,16,17)/t10-,11-,12-,14+/m0/s1. The van der Waals surface area contributed by atoms with Crippen LogP contribution in [0.4, 0.5) is 0 Å². The molecule has 0 aliphatic heterocycles.